The molecule has 0 saturated carbocycles. The second kappa shape index (κ2) is 8.09. The van der Waals surface area contributed by atoms with Gasteiger partial charge < -0.3 is 9.32 Å². The van der Waals surface area contributed by atoms with Gasteiger partial charge in [0.2, 0.25) is 11.7 Å². The second-order valence-corrected chi connectivity index (χ2v) is 7.98. The normalized spacial score (nSPS) is 15.2. The van der Waals surface area contributed by atoms with Gasteiger partial charge in [-0.3, -0.25) is 4.79 Å². The molecule has 4 aromatic rings. The van der Waals surface area contributed by atoms with Crippen LogP contribution in [0.3, 0.4) is 0 Å². The number of ketones is 1. The van der Waals surface area contributed by atoms with Crippen LogP contribution in [-0.4, -0.2) is 32.7 Å². The molecule has 1 unspecified atom stereocenters. The van der Waals surface area contributed by atoms with E-state index in [4.69, 9.17) is 27.6 Å². The molecule has 1 atom stereocenters. The molecule has 0 aliphatic carbocycles. The molecule has 7 nitrogen and oxygen atoms in total. The predicted molar refractivity (Wildman–Crippen MR) is 116 cm³/mol. The summed E-state index contributed by atoms with van der Waals surface area (Å²) in [4.78, 5) is 15.4. The fraction of sp³-hybridized carbons (Fsp3) is 0.136. The van der Waals surface area contributed by atoms with E-state index in [9.17, 15) is 4.79 Å². The van der Waals surface area contributed by atoms with E-state index in [0.717, 1.165) is 16.8 Å². The topological polar surface area (TPSA) is 85.0 Å². The van der Waals surface area contributed by atoms with Gasteiger partial charge in [-0.1, -0.05) is 47.5 Å². The smallest absolute Gasteiger partial charge is 0.285 e. The predicted octanol–water partition coefficient (Wildman–Crippen LogP) is 4.82. The molecule has 0 bridgehead atoms. The molecule has 154 valence electrons. The van der Waals surface area contributed by atoms with Crippen LogP contribution in [0.5, 0.6) is 0 Å². The van der Waals surface area contributed by atoms with Crippen molar-refractivity contribution in [2.75, 3.05) is 11.4 Å². The Morgan fingerprint density at radius 1 is 1.10 bits per heavy atom. The average Bonchev–Trinajstić information content (AvgIpc) is 3.42. The fourth-order valence-corrected chi connectivity index (χ4v) is 4.19. The lowest BCUT2D eigenvalue weighted by Crippen LogP contribution is -2.24. The van der Waals surface area contributed by atoms with Gasteiger partial charge in [-0.15, -0.1) is 10.2 Å². The molecular weight excluding hydrogens is 437 g/mol. The molecule has 0 N–H and O–H groups in total. The van der Waals surface area contributed by atoms with Crippen LogP contribution in [0.2, 0.25) is 10.0 Å². The molecule has 1 aliphatic heterocycles. The van der Waals surface area contributed by atoms with Gasteiger partial charge in [0, 0.05) is 28.8 Å². The first-order valence-electron chi connectivity index (χ1n) is 9.53. The molecule has 0 fully saturated rings. The zero-order valence-electron chi connectivity index (χ0n) is 16.1. The first-order chi connectivity index (χ1) is 15.1. The Labute approximate surface area is 187 Å². The molecule has 0 saturated heterocycles. The van der Waals surface area contributed by atoms with E-state index in [1.807, 2.05) is 30.3 Å². The fourth-order valence-electron chi connectivity index (χ4n) is 3.72. The largest absolute Gasteiger partial charge is 0.413 e. The highest BCUT2D eigenvalue weighted by Crippen LogP contribution is 2.39. The van der Waals surface area contributed by atoms with Gasteiger partial charge in [-0.25, -0.2) is 0 Å². The first kappa shape index (κ1) is 19.7. The van der Waals surface area contributed by atoms with E-state index < -0.39 is 5.92 Å². The summed E-state index contributed by atoms with van der Waals surface area (Å²) in [5.74, 6) is -0.448. The molecule has 2 aromatic heterocycles. The summed E-state index contributed by atoms with van der Waals surface area (Å²) in [6.45, 7) is 1.03. The number of rotatable bonds is 5. The summed E-state index contributed by atoms with van der Waals surface area (Å²) in [5.41, 5.74) is 3.43. The summed E-state index contributed by atoms with van der Waals surface area (Å²) in [7, 11) is 0. The van der Waals surface area contributed by atoms with E-state index in [1.54, 1.807) is 18.2 Å². The highest BCUT2D eigenvalue weighted by molar-refractivity contribution is 6.35. The van der Waals surface area contributed by atoms with Crippen LogP contribution in [-0.2, 0) is 6.54 Å². The standard InChI is InChI=1S/C22H15Cl2N5O2/c23-15-6-5-14(18(24)9-15)11-29-12-17(16-3-1-2-4-19(16)29)20(30)22-28-27-21(31-22)13-7-8-25-26-10-13/h1-10,17H,11-12H2. The number of Topliss-reactive ketones (excluding diaryl/α,β-unsaturated/α-hetero) is 1. The van der Waals surface area contributed by atoms with Crippen molar-refractivity contribution >= 4 is 34.7 Å². The average molecular weight is 452 g/mol. The lowest BCUT2D eigenvalue weighted by molar-refractivity contribution is 0.0931. The zero-order chi connectivity index (χ0) is 21.4. The van der Waals surface area contributed by atoms with Crippen molar-refractivity contribution in [3.63, 3.8) is 0 Å². The summed E-state index contributed by atoms with van der Waals surface area (Å²) in [6, 6.07) is 14.9. The summed E-state index contributed by atoms with van der Waals surface area (Å²) in [5, 5.41) is 16.7. The van der Waals surface area contributed by atoms with Crippen LogP contribution in [0, 0.1) is 0 Å². The van der Waals surface area contributed by atoms with Gasteiger partial charge in [0.05, 0.1) is 23.9 Å². The van der Waals surface area contributed by atoms with Gasteiger partial charge in [0.1, 0.15) is 0 Å². The van der Waals surface area contributed by atoms with Crippen LogP contribution in [0.4, 0.5) is 5.69 Å². The Morgan fingerprint density at radius 3 is 2.77 bits per heavy atom. The molecule has 1 aliphatic rings. The van der Waals surface area contributed by atoms with Gasteiger partial charge >= 0.3 is 0 Å². The number of fused-ring (bicyclic) bond motifs is 1. The first-order valence-corrected chi connectivity index (χ1v) is 10.3. The number of halogens is 2. The Hall–Kier alpha value is -3.29. The van der Waals surface area contributed by atoms with Crippen molar-refractivity contribution < 1.29 is 9.21 Å². The van der Waals surface area contributed by atoms with Crippen molar-refractivity contribution in [2.24, 2.45) is 0 Å². The van der Waals surface area contributed by atoms with Crippen molar-refractivity contribution in [3.8, 4) is 11.5 Å². The molecule has 0 spiro atoms. The zero-order valence-corrected chi connectivity index (χ0v) is 17.6. The van der Waals surface area contributed by atoms with Crippen LogP contribution in [0.15, 0.2) is 65.3 Å². The third-order valence-electron chi connectivity index (χ3n) is 5.22. The number of carbonyl (C=O) groups is 1. The number of hydrogen-bond acceptors (Lipinski definition) is 7. The molecule has 31 heavy (non-hydrogen) atoms. The number of nitrogens with zero attached hydrogens (tertiary/aromatic N) is 5. The van der Waals surface area contributed by atoms with Crippen molar-refractivity contribution in [1.82, 2.24) is 20.4 Å². The van der Waals surface area contributed by atoms with Gasteiger partial charge in [-0.2, -0.15) is 10.2 Å². The minimum absolute atomic E-state index is 0.0296. The van der Waals surface area contributed by atoms with Crippen LogP contribution in [0.25, 0.3) is 11.5 Å². The Balaban J connectivity index is 1.42. The summed E-state index contributed by atoms with van der Waals surface area (Å²) < 4.78 is 5.65. The van der Waals surface area contributed by atoms with Gasteiger partial charge in [0.25, 0.3) is 5.89 Å². The maximum atomic E-state index is 13.3. The number of anilines is 1. The monoisotopic (exact) mass is 451 g/mol. The van der Waals surface area contributed by atoms with Crippen LogP contribution < -0.4 is 4.90 Å². The molecule has 9 heteroatoms. The minimum Gasteiger partial charge on any atom is -0.413 e. The van der Waals surface area contributed by atoms with Gasteiger partial charge in [0.15, 0.2) is 0 Å². The van der Waals surface area contributed by atoms with E-state index in [2.05, 4.69) is 25.3 Å². The van der Waals surface area contributed by atoms with Gasteiger partial charge in [-0.05, 0) is 35.4 Å². The van der Waals surface area contributed by atoms with Crippen LogP contribution >= 0.6 is 23.2 Å². The SMILES string of the molecule is O=C(c1nnc(-c2ccnnc2)o1)C1CN(Cc2ccc(Cl)cc2Cl)c2ccccc21. The quantitative estimate of drug-likeness (QED) is 0.402. The van der Waals surface area contributed by atoms with E-state index in [1.165, 1.54) is 12.4 Å². The maximum absolute atomic E-state index is 13.3. The van der Waals surface area contributed by atoms with Crippen molar-refractivity contribution in [3.05, 3.63) is 88.0 Å². The molecule has 2 aromatic carbocycles. The number of carbonyl (C=O) groups excluding carboxylic acids is 1. The third-order valence-corrected chi connectivity index (χ3v) is 5.80. The molecule has 5 rings (SSSR count). The Kier molecular flexibility index (Phi) is 5.13. The highest BCUT2D eigenvalue weighted by atomic mass is 35.5. The number of hydrogen-bond donors (Lipinski definition) is 0. The number of aromatic nitrogens is 4. The number of para-hydroxylation sites is 1. The molecular formula is C22H15Cl2N5O2. The van der Waals surface area contributed by atoms with E-state index in [-0.39, 0.29) is 17.6 Å². The lowest BCUT2D eigenvalue weighted by Gasteiger charge is -2.20. The molecule has 3 heterocycles. The molecule has 0 radical (unpaired) electrons. The Bertz CT molecular complexity index is 1260. The Morgan fingerprint density at radius 2 is 1.97 bits per heavy atom. The van der Waals surface area contributed by atoms with E-state index >= 15 is 0 Å². The highest BCUT2D eigenvalue weighted by Gasteiger charge is 2.36. The lowest BCUT2D eigenvalue weighted by atomic mass is 9.97. The number of benzene rings is 2. The summed E-state index contributed by atoms with van der Waals surface area (Å²) in [6.07, 6.45) is 3.03. The van der Waals surface area contributed by atoms with Crippen molar-refractivity contribution in [2.45, 2.75) is 12.5 Å². The summed E-state index contributed by atoms with van der Waals surface area (Å²) >= 11 is 12.4. The third kappa shape index (κ3) is 3.78. The van der Waals surface area contributed by atoms with E-state index in [0.29, 0.717) is 28.7 Å². The maximum Gasteiger partial charge on any atom is 0.285 e. The second-order valence-electron chi connectivity index (χ2n) is 7.14. The minimum atomic E-state index is -0.425. The molecule has 0 amide bonds. The van der Waals surface area contributed by atoms with Crippen molar-refractivity contribution in [1.29, 1.82) is 0 Å². The van der Waals surface area contributed by atoms with Crippen LogP contribution in [0.1, 0.15) is 27.7 Å².